The zero-order chi connectivity index (χ0) is 10.6. The molecule has 1 rings (SSSR count). The van der Waals surface area contributed by atoms with Gasteiger partial charge < -0.3 is 5.11 Å². The summed E-state index contributed by atoms with van der Waals surface area (Å²) < 4.78 is 0. The normalized spacial score (nSPS) is 35.6. The summed E-state index contributed by atoms with van der Waals surface area (Å²) in [6.07, 6.45) is 7.18. The van der Waals surface area contributed by atoms with Crippen LogP contribution in [0.2, 0.25) is 0 Å². The Morgan fingerprint density at radius 3 is 2.50 bits per heavy atom. The Labute approximate surface area is 88.9 Å². The monoisotopic (exact) mass is 198 g/mol. The van der Waals surface area contributed by atoms with Crippen molar-refractivity contribution in [3.8, 4) is 0 Å². The first-order chi connectivity index (χ1) is 6.65. The van der Waals surface area contributed by atoms with Crippen LogP contribution in [0.1, 0.15) is 59.3 Å². The summed E-state index contributed by atoms with van der Waals surface area (Å²) in [5.74, 6) is 2.27. The van der Waals surface area contributed by atoms with Crippen molar-refractivity contribution in [3.05, 3.63) is 0 Å². The van der Waals surface area contributed by atoms with Gasteiger partial charge in [0.25, 0.3) is 0 Å². The Kier molecular flexibility index (Phi) is 4.94. The molecule has 84 valence electrons. The molecular weight excluding hydrogens is 172 g/mol. The van der Waals surface area contributed by atoms with Gasteiger partial charge in [0, 0.05) is 0 Å². The van der Waals surface area contributed by atoms with E-state index in [4.69, 9.17) is 0 Å². The maximum absolute atomic E-state index is 10.0. The molecule has 0 bridgehead atoms. The van der Waals surface area contributed by atoms with Crippen molar-refractivity contribution in [2.45, 2.75) is 65.4 Å². The van der Waals surface area contributed by atoms with Gasteiger partial charge >= 0.3 is 0 Å². The molecule has 14 heavy (non-hydrogen) atoms. The second kappa shape index (κ2) is 5.75. The molecule has 1 heteroatoms. The van der Waals surface area contributed by atoms with Crippen LogP contribution in [-0.4, -0.2) is 11.2 Å². The van der Waals surface area contributed by atoms with Crippen LogP contribution >= 0.6 is 0 Å². The van der Waals surface area contributed by atoms with Crippen LogP contribution in [0.5, 0.6) is 0 Å². The zero-order valence-corrected chi connectivity index (χ0v) is 10.00. The van der Waals surface area contributed by atoms with E-state index in [1.165, 1.54) is 32.1 Å². The molecule has 0 saturated heterocycles. The van der Waals surface area contributed by atoms with E-state index in [-0.39, 0.29) is 6.10 Å². The van der Waals surface area contributed by atoms with E-state index in [0.717, 1.165) is 18.3 Å². The second-order valence-electron chi connectivity index (χ2n) is 5.24. The van der Waals surface area contributed by atoms with Crippen LogP contribution < -0.4 is 0 Å². The highest BCUT2D eigenvalue weighted by molar-refractivity contribution is 4.79. The molecule has 0 aromatic carbocycles. The van der Waals surface area contributed by atoms with Gasteiger partial charge in [0.15, 0.2) is 0 Å². The van der Waals surface area contributed by atoms with Crippen LogP contribution in [0, 0.1) is 17.8 Å². The van der Waals surface area contributed by atoms with Gasteiger partial charge in [-0.1, -0.05) is 40.0 Å². The fourth-order valence-electron chi connectivity index (χ4n) is 2.59. The van der Waals surface area contributed by atoms with Crippen molar-refractivity contribution < 1.29 is 5.11 Å². The van der Waals surface area contributed by atoms with E-state index in [2.05, 4.69) is 20.8 Å². The van der Waals surface area contributed by atoms with E-state index in [0.29, 0.717) is 5.92 Å². The van der Waals surface area contributed by atoms with Gasteiger partial charge in [0.05, 0.1) is 6.10 Å². The quantitative estimate of drug-likeness (QED) is 0.731. The minimum Gasteiger partial charge on any atom is -0.393 e. The smallest absolute Gasteiger partial charge is 0.0568 e. The fourth-order valence-corrected chi connectivity index (χ4v) is 2.59. The Bertz CT molecular complexity index is 155. The molecule has 0 aromatic heterocycles. The molecule has 0 heterocycles. The maximum Gasteiger partial charge on any atom is 0.0568 e. The van der Waals surface area contributed by atoms with Gasteiger partial charge in [-0.3, -0.25) is 0 Å². The lowest BCUT2D eigenvalue weighted by Crippen LogP contribution is -2.29. The molecule has 0 aliphatic heterocycles. The molecule has 0 radical (unpaired) electrons. The van der Waals surface area contributed by atoms with Gasteiger partial charge in [0.1, 0.15) is 0 Å². The van der Waals surface area contributed by atoms with Gasteiger partial charge in [0.2, 0.25) is 0 Å². The van der Waals surface area contributed by atoms with Crippen molar-refractivity contribution in [2.24, 2.45) is 17.8 Å². The number of hydrogen-bond donors (Lipinski definition) is 1. The summed E-state index contributed by atoms with van der Waals surface area (Å²) in [6.45, 7) is 6.88. The van der Waals surface area contributed by atoms with Crippen LogP contribution in [0.3, 0.4) is 0 Å². The highest BCUT2D eigenvalue weighted by atomic mass is 16.3. The summed E-state index contributed by atoms with van der Waals surface area (Å²) >= 11 is 0. The van der Waals surface area contributed by atoms with Crippen LogP contribution in [0.15, 0.2) is 0 Å². The molecule has 1 N–H and O–H groups in total. The number of aliphatic hydroxyl groups excluding tert-OH is 1. The molecule has 4 unspecified atom stereocenters. The maximum atomic E-state index is 10.0. The third-order valence-electron chi connectivity index (χ3n) is 4.04. The van der Waals surface area contributed by atoms with Crippen LogP contribution in [0.4, 0.5) is 0 Å². The van der Waals surface area contributed by atoms with E-state index in [1.807, 2.05) is 0 Å². The van der Waals surface area contributed by atoms with Gasteiger partial charge in [-0.05, 0) is 37.0 Å². The Morgan fingerprint density at radius 1 is 1.21 bits per heavy atom. The van der Waals surface area contributed by atoms with Gasteiger partial charge in [-0.15, -0.1) is 0 Å². The Balaban J connectivity index is 2.30. The van der Waals surface area contributed by atoms with Crippen molar-refractivity contribution >= 4 is 0 Å². The molecular formula is C13H26O. The molecule has 0 amide bonds. The number of rotatable bonds is 4. The van der Waals surface area contributed by atoms with Crippen molar-refractivity contribution in [1.29, 1.82) is 0 Å². The molecule has 1 aliphatic carbocycles. The highest BCUT2D eigenvalue weighted by Crippen LogP contribution is 2.35. The lowest BCUT2D eigenvalue weighted by atomic mass is 9.73. The molecule has 0 spiro atoms. The minimum absolute atomic E-state index is 0.0232. The van der Waals surface area contributed by atoms with E-state index in [1.54, 1.807) is 0 Å². The van der Waals surface area contributed by atoms with Gasteiger partial charge in [-0.25, -0.2) is 0 Å². The molecule has 1 fully saturated rings. The van der Waals surface area contributed by atoms with E-state index < -0.39 is 0 Å². The summed E-state index contributed by atoms with van der Waals surface area (Å²) in [7, 11) is 0. The third-order valence-corrected chi connectivity index (χ3v) is 4.04. The summed E-state index contributed by atoms with van der Waals surface area (Å²) in [5.41, 5.74) is 0. The minimum atomic E-state index is -0.0232. The molecule has 1 aliphatic rings. The summed E-state index contributed by atoms with van der Waals surface area (Å²) in [6, 6.07) is 0. The average molecular weight is 198 g/mol. The standard InChI is InChI=1S/C13H26O/c1-4-5-6-13(14)12-8-7-10(2)11(3)9-12/h10-14H,4-9H2,1-3H3. The van der Waals surface area contributed by atoms with Crippen molar-refractivity contribution in [1.82, 2.24) is 0 Å². The van der Waals surface area contributed by atoms with E-state index >= 15 is 0 Å². The summed E-state index contributed by atoms with van der Waals surface area (Å²) in [5, 5.41) is 10.0. The van der Waals surface area contributed by atoms with Crippen LogP contribution in [-0.2, 0) is 0 Å². The number of hydrogen-bond acceptors (Lipinski definition) is 1. The third kappa shape index (κ3) is 3.27. The summed E-state index contributed by atoms with van der Waals surface area (Å²) in [4.78, 5) is 0. The van der Waals surface area contributed by atoms with E-state index in [9.17, 15) is 5.11 Å². The molecule has 4 atom stereocenters. The predicted octanol–water partition coefficient (Wildman–Crippen LogP) is 3.61. The Hall–Kier alpha value is -0.0400. The first-order valence-corrected chi connectivity index (χ1v) is 6.33. The SMILES string of the molecule is CCCCC(O)C1CCC(C)C(C)C1. The lowest BCUT2D eigenvalue weighted by molar-refractivity contribution is 0.0493. The Morgan fingerprint density at radius 2 is 1.93 bits per heavy atom. The highest BCUT2D eigenvalue weighted by Gasteiger charge is 2.28. The topological polar surface area (TPSA) is 20.2 Å². The fraction of sp³-hybridized carbons (Fsp3) is 1.00. The van der Waals surface area contributed by atoms with Crippen LogP contribution in [0.25, 0.3) is 0 Å². The average Bonchev–Trinajstić information content (AvgIpc) is 2.18. The van der Waals surface area contributed by atoms with Crippen molar-refractivity contribution in [3.63, 3.8) is 0 Å². The first-order valence-electron chi connectivity index (χ1n) is 6.33. The molecule has 1 saturated carbocycles. The largest absolute Gasteiger partial charge is 0.393 e. The number of unbranched alkanes of at least 4 members (excludes halogenated alkanes) is 1. The second-order valence-corrected chi connectivity index (χ2v) is 5.24. The van der Waals surface area contributed by atoms with Crippen molar-refractivity contribution in [2.75, 3.05) is 0 Å². The predicted molar refractivity (Wildman–Crippen MR) is 61.2 cm³/mol. The molecule has 1 nitrogen and oxygen atoms in total. The lowest BCUT2D eigenvalue weighted by Gasteiger charge is -2.34. The molecule has 0 aromatic rings. The first kappa shape index (κ1) is 12.0. The zero-order valence-electron chi connectivity index (χ0n) is 10.00. The van der Waals surface area contributed by atoms with Gasteiger partial charge in [-0.2, -0.15) is 0 Å². The number of aliphatic hydroxyl groups is 1.